The number of aromatic nitrogens is 1. The second kappa shape index (κ2) is 4.37. The minimum absolute atomic E-state index is 0.0246. The molecule has 0 N–H and O–H groups in total. The fraction of sp³-hybridized carbons (Fsp3) is 0.167. The van der Waals surface area contributed by atoms with Crippen LogP contribution in [0, 0.1) is 12.7 Å². The monoisotopic (exact) mass is 235 g/mol. The number of esters is 1. The highest BCUT2D eigenvalue weighted by Gasteiger charge is 2.20. The van der Waals surface area contributed by atoms with Crippen LogP contribution in [-0.2, 0) is 4.74 Å². The Kier molecular flexibility index (Phi) is 2.91. The molecule has 2 rings (SSSR count). The van der Waals surface area contributed by atoms with Crippen molar-refractivity contribution in [3.05, 3.63) is 41.7 Å². The Hall–Kier alpha value is -2.17. The van der Waals surface area contributed by atoms with Gasteiger partial charge in [0, 0.05) is 12.5 Å². The van der Waals surface area contributed by atoms with Crippen LogP contribution >= 0.6 is 0 Å². The summed E-state index contributed by atoms with van der Waals surface area (Å²) in [5.74, 6) is -0.583. The van der Waals surface area contributed by atoms with Crippen LogP contribution in [0.4, 0.5) is 4.39 Å². The van der Waals surface area contributed by atoms with E-state index in [0.29, 0.717) is 17.1 Å². The Morgan fingerprint density at radius 2 is 2.00 bits per heavy atom. The third-order valence-corrected chi connectivity index (χ3v) is 2.22. The molecule has 0 spiro atoms. The lowest BCUT2D eigenvalue weighted by atomic mass is 10.1. The predicted molar refractivity (Wildman–Crippen MR) is 58.0 cm³/mol. The molecule has 0 radical (unpaired) electrons. The molecule has 1 aromatic carbocycles. The molecule has 17 heavy (non-hydrogen) atoms. The van der Waals surface area contributed by atoms with Crippen molar-refractivity contribution in [2.45, 2.75) is 6.92 Å². The van der Waals surface area contributed by atoms with E-state index in [1.165, 1.54) is 31.4 Å². The topological polar surface area (TPSA) is 52.3 Å². The second-order valence-corrected chi connectivity index (χ2v) is 3.41. The molecule has 0 amide bonds. The van der Waals surface area contributed by atoms with Crippen LogP contribution in [0.2, 0.25) is 0 Å². The van der Waals surface area contributed by atoms with Gasteiger partial charge in [0.05, 0.1) is 7.11 Å². The van der Waals surface area contributed by atoms with E-state index >= 15 is 0 Å². The highest BCUT2D eigenvalue weighted by atomic mass is 19.1. The number of benzene rings is 1. The molecule has 1 heterocycles. The molecule has 0 saturated carbocycles. The summed E-state index contributed by atoms with van der Waals surface area (Å²) < 4.78 is 22.6. The van der Waals surface area contributed by atoms with Gasteiger partial charge in [-0.05, 0) is 24.3 Å². The number of halogens is 1. The molecule has 0 atom stereocenters. The van der Waals surface area contributed by atoms with E-state index in [1.807, 2.05) is 0 Å². The summed E-state index contributed by atoms with van der Waals surface area (Å²) in [6.45, 7) is 1.62. The van der Waals surface area contributed by atoms with E-state index in [-0.39, 0.29) is 11.6 Å². The van der Waals surface area contributed by atoms with Crippen molar-refractivity contribution in [1.82, 2.24) is 4.98 Å². The highest BCUT2D eigenvalue weighted by Crippen LogP contribution is 2.24. The fourth-order valence-electron chi connectivity index (χ4n) is 1.46. The Labute approximate surface area is 97.0 Å². The van der Waals surface area contributed by atoms with Crippen LogP contribution in [-0.4, -0.2) is 18.1 Å². The number of aryl methyl sites for hydroxylation is 1. The largest absolute Gasteiger partial charge is 0.463 e. The van der Waals surface area contributed by atoms with Gasteiger partial charge < -0.3 is 9.15 Å². The molecular formula is C12H10FNO3. The fourth-order valence-corrected chi connectivity index (χ4v) is 1.46. The maximum Gasteiger partial charge on any atom is 0.376 e. The van der Waals surface area contributed by atoms with Gasteiger partial charge in [0.25, 0.3) is 0 Å². The number of hydrogen-bond acceptors (Lipinski definition) is 4. The van der Waals surface area contributed by atoms with E-state index < -0.39 is 5.97 Å². The van der Waals surface area contributed by atoms with Gasteiger partial charge in [-0.15, -0.1) is 0 Å². The first-order valence-corrected chi connectivity index (χ1v) is 4.93. The van der Waals surface area contributed by atoms with Crippen LogP contribution in [0.1, 0.15) is 16.4 Å². The zero-order chi connectivity index (χ0) is 12.4. The third kappa shape index (κ3) is 2.18. The summed E-state index contributed by atoms with van der Waals surface area (Å²) in [5.41, 5.74) is 0.956. The molecule has 5 heteroatoms. The average Bonchev–Trinajstić information content (AvgIpc) is 2.71. The summed E-state index contributed by atoms with van der Waals surface area (Å²) in [6.07, 6.45) is 0. The van der Waals surface area contributed by atoms with Gasteiger partial charge in [-0.1, -0.05) is 0 Å². The first kappa shape index (κ1) is 11.3. The number of hydrogen-bond donors (Lipinski definition) is 0. The zero-order valence-corrected chi connectivity index (χ0v) is 9.36. The van der Waals surface area contributed by atoms with Crippen molar-refractivity contribution < 1.29 is 18.3 Å². The van der Waals surface area contributed by atoms with Crippen LogP contribution in [0.25, 0.3) is 11.3 Å². The molecule has 2 aromatic rings. The summed E-state index contributed by atoms with van der Waals surface area (Å²) in [7, 11) is 1.26. The number of methoxy groups -OCH3 is 1. The van der Waals surface area contributed by atoms with Crippen molar-refractivity contribution in [2.24, 2.45) is 0 Å². The van der Waals surface area contributed by atoms with Crippen molar-refractivity contribution in [3.63, 3.8) is 0 Å². The molecule has 0 unspecified atom stereocenters. The molecule has 0 aliphatic rings. The highest BCUT2D eigenvalue weighted by molar-refractivity contribution is 5.93. The number of carbonyl (C=O) groups excluding carboxylic acids is 1. The van der Waals surface area contributed by atoms with Gasteiger partial charge >= 0.3 is 5.97 Å². The van der Waals surface area contributed by atoms with E-state index in [1.54, 1.807) is 6.92 Å². The number of oxazole rings is 1. The normalized spacial score (nSPS) is 10.3. The average molecular weight is 235 g/mol. The maximum atomic E-state index is 12.8. The van der Waals surface area contributed by atoms with E-state index in [4.69, 9.17) is 4.42 Å². The minimum atomic E-state index is -0.607. The smallest absolute Gasteiger partial charge is 0.376 e. The van der Waals surface area contributed by atoms with E-state index in [0.717, 1.165) is 0 Å². The Morgan fingerprint density at radius 3 is 2.59 bits per heavy atom. The lowest BCUT2D eigenvalue weighted by molar-refractivity contribution is 0.0565. The number of ether oxygens (including phenoxy) is 1. The number of nitrogens with zero attached hydrogens (tertiary/aromatic N) is 1. The Morgan fingerprint density at radius 1 is 1.35 bits per heavy atom. The lowest BCUT2D eigenvalue weighted by Gasteiger charge is -1.99. The molecule has 0 fully saturated rings. The van der Waals surface area contributed by atoms with Gasteiger partial charge in [-0.2, -0.15) is 0 Å². The van der Waals surface area contributed by atoms with E-state index in [2.05, 4.69) is 9.72 Å². The van der Waals surface area contributed by atoms with Gasteiger partial charge in [0.15, 0.2) is 5.89 Å². The number of carbonyl (C=O) groups is 1. The number of rotatable bonds is 2. The quantitative estimate of drug-likeness (QED) is 0.750. The van der Waals surface area contributed by atoms with Gasteiger partial charge in [0.2, 0.25) is 5.76 Å². The standard InChI is InChI=1S/C12H10FNO3/c1-7-14-10(11(17-7)12(15)16-2)8-3-5-9(13)6-4-8/h3-6H,1-2H3. The van der Waals surface area contributed by atoms with Crippen molar-refractivity contribution in [1.29, 1.82) is 0 Å². The zero-order valence-electron chi connectivity index (χ0n) is 9.36. The van der Waals surface area contributed by atoms with Crippen LogP contribution in [0.15, 0.2) is 28.7 Å². The molecule has 0 aliphatic carbocycles. The Bertz CT molecular complexity index is 545. The molecule has 0 aliphatic heterocycles. The summed E-state index contributed by atoms with van der Waals surface area (Å²) in [6, 6.07) is 5.64. The first-order valence-electron chi connectivity index (χ1n) is 4.93. The Balaban J connectivity index is 2.51. The molecule has 88 valence electrons. The van der Waals surface area contributed by atoms with Crippen LogP contribution < -0.4 is 0 Å². The van der Waals surface area contributed by atoms with Gasteiger partial charge in [-0.25, -0.2) is 14.2 Å². The third-order valence-electron chi connectivity index (χ3n) is 2.22. The summed E-state index contributed by atoms with van der Waals surface area (Å²) in [4.78, 5) is 15.5. The minimum Gasteiger partial charge on any atom is -0.463 e. The van der Waals surface area contributed by atoms with Crippen LogP contribution in [0.3, 0.4) is 0 Å². The summed E-state index contributed by atoms with van der Waals surface area (Å²) >= 11 is 0. The summed E-state index contributed by atoms with van der Waals surface area (Å²) in [5, 5.41) is 0. The van der Waals surface area contributed by atoms with Crippen molar-refractivity contribution in [3.8, 4) is 11.3 Å². The van der Waals surface area contributed by atoms with Crippen molar-refractivity contribution >= 4 is 5.97 Å². The second-order valence-electron chi connectivity index (χ2n) is 3.41. The predicted octanol–water partition coefficient (Wildman–Crippen LogP) is 2.58. The molecule has 4 nitrogen and oxygen atoms in total. The van der Waals surface area contributed by atoms with Crippen LogP contribution in [0.5, 0.6) is 0 Å². The lowest BCUT2D eigenvalue weighted by Crippen LogP contribution is -2.01. The molecule has 1 aromatic heterocycles. The van der Waals surface area contributed by atoms with Gasteiger partial charge in [-0.3, -0.25) is 0 Å². The first-order chi connectivity index (χ1) is 8.11. The van der Waals surface area contributed by atoms with E-state index in [9.17, 15) is 9.18 Å². The van der Waals surface area contributed by atoms with Crippen molar-refractivity contribution in [2.75, 3.05) is 7.11 Å². The molecule has 0 bridgehead atoms. The SMILES string of the molecule is COC(=O)c1oc(C)nc1-c1ccc(F)cc1. The molecule has 0 saturated heterocycles. The maximum absolute atomic E-state index is 12.8. The van der Waals surface area contributed by atoms with Gasteiger partial charge in [0.1, 0.15) is 11.5 Å². The molecular weight excluding hydrogens is 225 g/mol.